The van der Waals surface area contributed by atoms with Gasteiger partial charge in [0.1, 0.15) is 0 Å². The van der Waals surface area contributed by atoms with E-state index in [1.165, 1.54) is 10.6 Å². The summed E-state index contributed by atoms with van der Waals surface area (Å²) in [6.07, 6.45) is 1.25. The molecule has 1 aliphatic rings. The smallest absolute Gasteiger partial charge is 0.212 e. The van der Waals surface area contributed by atoms with Crippen LogP contribution < -0.4 is 0 Å². The SMILES string of the molecule is CS(=O)(=O)N1CCSC1c1cccc(Cl)c1. The fourth-order valence-electron chi connectivity index (χ4n) is 1.72. The van der Waals surface area contributed by atoms with Gasteiger partial charge in [0.15, 0.2) is 0 Å². The Morgan fingerprint density at radius 2 is 2.25 bits per heavy atom. The van der Waals surface area contributed by atoms with Crippen molar-refractivity contribution >= 4 is 33.4 Å². The molecule has 1 heterocycles. The molecular formula is C10H12ClNO2S2. The molecule has 16 heavy (non-hydrogen) atoms. The number of benzene rings is 1. The number of halogens is 1. The molecule has 0 bridgehead atoms. The highest BCUT2D eigenvalue weighted by Gasteiger charge is 2.33. The van der Waals surface area contributed by atoms with E-state index in [4.69, 9.17) is 11.6 Å². The molecule has 1 aromatic carbocycles. The number of thioether (sulfide) groups is 1. The van der Waals surface area contributed by atoms with Crippen LogP contribution in [0.15, 0.2) is 24.3 Å². The first kappa shape index (κ1) is 12.2. The highest BCUT2D eigenvalue weighted by atomic mass is 35.5. The van der Waals surface area contributed by atoms with E-state index in [0.29, 0.717) is 11.6 Å². The van der Waals surface area contributed by atoms with Crippen molar-refractivity contribution in [2.45, 2.75) is 5.37 Å². The number of hydrogen-bond acceptors (Lipinski definition) is 3. The molecule has 1 fully saturated rings. The Bertz CT molecular complexity index is 489. The lowest BCUT2D eigenvalue weighted by Crippen LogP contribution is -2.29. The van der Waals surface area contributed by atoms with Gasteiger partial charge in [-0.3, -0.25) is 0 Å². The Morgan fingerprint density at radius 3 is 2.88 bits per heavy atom. The van der Waals surface area contributed by atoms with Crippen LogP contribution in [0.5, 0.6) is 0 Å². The Morgan fingerprint density at radius 1 is 1.50 bits per heavy atom. The average Bonchev–Trinajstić information content (AvgIpc) is 2.65. The van der Waals surface area contributed by atoms with Crippen molar-refractivity contribution < 1.29 is 8.42 Å². The molecule has 1 aromatic rings. The minimum absolute atomic E-state index is 0.131. The molecule has 0 radical (unpaired) electrons. The van der Waals surface area contributed by atoms with Crippen molar-refractivity contribution in [3.8, 4) is 0 Å². The fourth-order valence-corrected chi connectivity index (χ4v) is 4.71. The van der Waals surface area contributed by atoms with Gasteiger partial charge in [0, 0.05) is 17.3 Å². The first-order chi connectivity index (χ1) is 7.48. The van der Waals surface area contributed by atoms with Gasteiger partial charge in [0.05, 0.1) is 11.6 Å². The van der Waals surface area contributed by atoms with Crippen LogP contribution in [-0.4, -0.2) is 31.3 Å². The van der Waals surface area contributed by atoms with Crippen molar-refractivity contribution in [2.75, 3.05) is 18.6 Å². The van der Waals surface area contributed by atoms with E-state index in [1.807, 2.05) is 18.2 Å². The minimum Gasteiger partial charge on any atom is -0.212 e. The highest BCUT2D eigenvalue weighted by molar-refractivity contribution is 8.00. The van der Waals surface area contributed by atoms with E-state index in [9.17, 15) is 8.42 Å². The van der Waals surface area contributed by atoms with Crippen molar-refractivity contribution in [1.82, 2.24) is 4.31 Å². The Balaban J connectivity index is 2.34. The molecule has 1 atom stereocenters. The lowest BCUT2D eigenvalue weighted by Gasteiger charge is -2.21. The molecular weight excluding hydrogens is 266 g/mol. The predicted octanol–water partition coefficient (Wildman–Crippen LogP) is 2.35. The number of sulfonamides is 1. The van der Waals surface area contributed by atoms with Gasteiger partial charge in [-0.2, -0.15) is 4.31 Å². The largest absolute Gasteiger partial charge is 0.212 e. The van der Waals surface area contributed by atoms with Crippen molar-refractivity contribution in [2.24, 2.45) is 0 Å². The monoisotopic (exact) mass is 277 g/mol. The van der Waals surface area contributed by atoms with Crippen LogP contribution in [0, 0.1) is 0 Å². The lowest BCUT2D eigenvalue weighted by molar-refractivity contribution is 0.439. The summed E-state index contributed by atoms with van der Waals surface area (Å²) in [5.41, 5.74) is 0.945. The van der Waals surface area contributed by atoms with Gasteiger partial charge in [-0.1, -0.05) is 23.7 Å². The fraction of sp³-hybridized carbons (Fsp3) is 0.400. The van der Waals surface area contributed by atoms with Gasteiger partial charge in [0.2, 0.25) is 10.0 Å². The van der Waals surface area contributed by atoms with Gasteiger partial charge < -0.3 is 0 Å². The van der Waals surface area contributed by atoms with Crippen LogP contribution in [0.2, 0.25) is 5.02 Å². The molecule has 0 saturated carbocycles. The molecule has 1 aliphatic heterocycles. The Hall–Kier alpha value is -0.230. The summed E-state index contributed by atoms with van der Waals surface area (Å²) in [6.45, 7) is 0.570. The van der Waals surface area contributed by atoms with Gasteiger partial charge in [-0.15, -0.1) is 11.8 Å². The minimum atomic E-state index is -3.14. The maximum Gasteiger partial charge on any atom is 0.212 e. The van der Waals surface area contributed by atoms with E-state index in [0.717, 1.165) is 11.3 Å². The van der Waals surface area contributed by atoms with Crippen molar-refractivity contribution in [3.63, 3.8) is 0 Å². The van der Waals surface area contributed by atoms with Gasteiger partial charge >= 0.3 is 0 Å². The first-order valence-corrected chi connectivity index (χ1v) is 8.10. The summed E-state index contributed by atoms with van der Waals surface area (Å²) >= 11 is 7.54. The van der Waals surface area contributed by atoms with Gasteiger partial charge in [-0.25, -0.2) is 8.42 Å². The second kappa shape index (κ2) is 4.56. The second-order valence-corrected chi connectivity index (χ2v) is 7.21. The highest BCUT2D eigenvalue weighted by Crippen LogP contribution is 2.39. The quantitative estimate of drug-likeness (QED) is 0.833. The average molecular weight is 278 g/mol. The predicted molar refractivity (Wildman–Crippen MR) is 68.2 cm³/mol. The van der Waals surface area contributed by atoms with Gasteiger partial charge in [-0.05, 0) is 17.7 Å². The Kier molecular flexibility index (Phi) is 3.49. The summed E-state index contributed by atoms with van der Waals surface area (Å²) in [6, 6.07) is 7.36. The van der Waals surface area contributed by atoms with Crippen LogP contribution in [0.1, 0.15) is 10.9 Å². The molecule has 6 heteroatoms. The van der Waals surface area contributed by atoms with Gasteiger partial charge in [0.25, 0.3) is 0 Å². The van der Waals surface area contributed by atoms with E-state index in [2.05, 4.69) is 0 Å². The van der Waals surface area contributed by atoms with E-state index in [-0.39, 0.29) is 5.37 Å². The van der Waals surface area contributed by atoms with E-state index < -0.39 is 10.0 Å². The standard InChI is InChI=1S/C10H12ClNO2S2/c1-16(13,14)12-5-6-15-10(12)8-3-2-4-9(11)7-8/h2-4,7,10H,5-6H2,1H3. The Labute approximate surface area is 105 Å². The van der Waals surface area contributed by atoms with E-state index in [1.54, 1.807) is 17.8 Å². The van der Waals surface area contributed by atoms with Crippen molar-refractivity contribution in [3.05, 3.63) is 34.9 Å². The molecule has 0 amide bonds. The summed E-state index contributed by atoms with van der Waals surface area (Å²) in [7, 11) is -3.14. The normalized spacial score (nSPS) is 22.5. The lowest BCUT2D eigenvalue weighted by atomic mass is 10.2. The summed E-state index contributed by atoms with van der Waals surface area (Å²) in [4.78, 5) is 0. The molecule has 0 aliphatic carbocycles. The molecule has 2 rings (SSSR count). The second-order valence-electron chi connectivity index (χ2n) is 3.65. The summed E-state index contributed by atoms with van der Waals surface area (Å²) in [5.74, 6) is 0.824. The number of hydrogen-bond donors (Lipinski definition) is 0. The zero-order chi connectivity index (χ0) is 11.8. The molecule has 1 saturated heterocycles. The van der Waals surface area contributed by atoms with Crippen LogP contribution in [0.25, 0.3) is 0 Å². The molecule has 0 spiro atoms. The third-order valence-corrected chi connectivity index (χ3v) is 5.28. The van der Waals surface area contributed by atoms with Crippen LogP contribution in [0.4, 0.5) is 0 Å². The molecule has 3 nitrogen and oxygen atoms in total. The maximum absolute atomic E-state index is 11.6. The van der Waals surface area contributed by atoms with E-state index >= 15 is 0 Å². The number of rotatable bonds is 2. The molecule has 0 N–H and O–H groups in total. The maximum atomic E-state index is 11.6. The van der Waals surface area contributed by atoms with Crippen molar-refractivity contribution in [1.29, 1.82) is 0 Å². The number of nitrogens with zero attached hydrogens (tertiary/aromatic N) is 1. The first-order valence-electron chi connectivity index (χ1n) is 4.82. The van der Waals surface area contributed by atoms with Crippen LogP contribution in [-0.2, 0) is 10.0 Å². The molecule has 88 valence electrons. The zero-order valence-electron chi connectivity index (χ0n) is 8.76. The molecule has 0 aromatic heterocycles. The summed E-state index contributed by atoms with van der Waals surface area (Å²) in [5, 5.41) is 0.507. The third kappa shape index (κ3) is 2.53. The topological polar surface area (TPSA) is 37.4 Å². The summed E-state index contributed by atoms with van der Waals surface area (Å²) < 4.78 is 24.7. The third-order valence-electron chi connectivity index (χ3n) is 2.41. The molecule has 1 unspecified atom stereocenters. The van der Waals surface area contributed by atoms with Crippen LogP contribution >= 0.6 is 23.4 Å². The van der Waals surface area contributed by atoms with Crippen LogP contribution in [0.3, 0.4) is 0 Å². The zero-order valence-corrected chi connectivity index (χ0v) is 11.1.